The molecule has 1 aliphatic rings. The molecule has 102 valence electrons. The summed E-state index contributed by atoms with van der Waals surface area (Å²) in [7, 11) is 0. The van der Waals surface area contributed by atoms with Crippen LogP contribution in [0.1, 0.15) is 43.3 Å². The van der Waals surface area contributed by atoms with E-state index in [1.807, 2.05) is 11.3 Å². The first-order valence-corrected chi connectivity index (χ1v) is 7.44. The molecule has 1 aliphatic heterocycles. The third kappa shape index (κ3) is 2.92. The Hall–Kier alpha value is -0.450. The second-order valence-corrected chi connectivity index (χ2v) is 7.94. The molecule has 0 aliphatic carbocycles. The SMILES string of the molecule is Cc1nc(CN2CC(C)(C)NCC2(C)C)sc1C. The first-order valence-electron chi connectivity index (χ1n) is 6.63. The van der Waals surface area contributed by atoms with Crippen LogP contribution < -0.4 is 5.32 Å². The van der Waals surface area contributed by atoms with Crippen molar-refractivity contribution in [2.45, 2.75) is 59.2 Å². The Bertz CT molecular complexity index is 415. The molecule has 0 radical (unpaired) electrons. The molecule has 18 heavy (non-hydrogen) atoms. The number of nitrogens with one attached hydrogen (secondary N) is 1. The fourth-order valence-electron chi connectivity index (χ4n) is 2.35. The number of hydrogen-bond donors (Lipinski definition) is 1. The first-order chi connectivity index (χ1) is 8.20. The predicted octanol–water partition coefficient (Wildman–Crippen LogP) is 2.72. The van der Waals surface area contributed by atoms with Crippen molar-refractivity contribution in [3.8, 4) is 0 Å². The van der Waals surface area contributed by atoms with Gasteiger partial charge in [-0.2, -0.15) is 0 Å². The van der Waals surface area contributed by atoms with Crippen LogP contribution in [0.2, 0.25) is 0 Å². The van der Waals surface area contributed by atoms with E-state index < -0.39 is 0 Å². The molecule has 1 fully saturated rings. The molecule has 1 aromatic heterocycles. The molecule has 3 nitrogen and oxygen atoms in total. The molecule has 0 spiro atoms. The number of rotatable bonds is 2. The van der Waals surface area contributed by atoms with Gasteiger partial charge in [0.05, 0.1) is 12.2 Å². The fraction of sp³-hybridized carbons (Fsp3) is 0.786. The molecule has 2 heterocycles. The van der Waals surface area contributed by atoms with E-state index in [0.29, 0.717) is 0 Å². The third-order valence-electron chi connectivity index (χ3n) is 3.84. The van der Waals surface area contributed by atoms with Crippen molar-refractivity contribution in [1.29, 1.82) is 0 Å². The van der Waals surface area contributed by atoms with E-state index in [1.54, 1.807) is 0 Å². The van der Waals surface area contributed by atoms with Gasteiger partial charge in [0.15, 0.2) is 0 Å². The summed E-state index contributed by atoms with van der Waals surface area (Å²) >= 11 is 1.84. The quantitative estimate of drug-likeness (QED) is 0.893. The van der Waals surface area contributed by atoms with E-state index in [-0.39, 0.29) is 11.1 Å². The Labute approximate surface area is 115 Å². The van der Waals surface area contributed by atoms with Gasteiger partial charge in [0.2, 0.25) is 0 Å². The maximum absolute atomic E-state index is 4.67. The van der Waals surface area contributed by atoms with Crippen LogP contribution in [-0.4, -0.2) is 34.1 Å². The Morgan fingerprint density at radius 1 is 1.28 bits per heavy atom. The summed E-state index contributed by atoms with van der Waals surface area (Å²) in [4.78, 5) is 8.58. The van der Waals surface area contributed by atoms with Crippen molar-refractivity contribution < 1.29 is 0 Å². The summed E-state index contributed by atoms with van der Waals surface area (Å²) < 4.78 is 0. The van der Waals surface area contributed by atoms with Crippen LogP contribution in [0.4, 0.5) is 0 Å². The van der Waals surface area contributed by atoms with Crippen LogP contribution in [0, 0.1) is 13.8 Å². The van der Waals surface area contributed by atoms with E-state index in [9.17, 15) is 0 Å². The van der Waals surface area contributed by atoms with E-state index in [2.05, 4.69) is 56.7 Å². The van der Waals surface area contributed by atoms with E-state index in [1.165, 1.54) is 15.6 Å². The third-order valence-corrected chi connectivity index (χ3v) is 4.90. The smallest absolute Gasteiger partial charge is 0.107 e. The van der Waals surface area contributed by atoms with Crippen molar-refractivity contribution in [3.63, 3.8) is 0 Å². The highest BCUT2D eigenvalue weighted by molar-refractivity contribution is 7.11. The van der Waals surface area contributed by atoms with Crippen molar-refractivity contribution in [2.75, 3.05) is 13.1 Å². The van der Waals surface area contributed by atoms with Crippen LogP contribution in [0.3, 0.4) is 0 Å². The highest BCUT2D eigenvalue weighted by Crippen LogP contribution is 2.27. The normalized spacial score (nSPS) is 23.2. The molecule has 0 amide bonds. The van der Waals surface area contributed by atoms with Crippen molar-refractivity contribution in [2.24, 2.45) is 0 Å². The van der Waals surface area contributed by atoms with Crippen molar-refractivity contribution in [3.05, 3.63) is 15.6 Å². The Morgan fingerprint density at radius 3 is 2.50 bits per heavy atom. The molecule has 2 rings (SSSR count). The zero-order valence-corrected chi connectivity index (χ0v) is 13.2. The Balaban J connectivity index is 2.15. The maximum atomic E-state index is 4.67. The lowest BCUT2D eigenvalue weighted by molar-refractivity contribution is 0.0323. The Morgan fingerprint density at radius 2 is 1.94 bits per heavy atom. The van der Waals surface area contributed by atoms with Crippen LogP contribution >= 0.6 is 11.3 Å². The maximum Gasteiger partial charge on any atom is 0.107 e. The van der Waals surface area contributed by atoms with Gasteiger partial charge >= 0.3 is 0 Å². The summed E-state index contributed by atoms with van der Waals surface area (Å²) in [5, 5.41) is 4.87. The summed E-state index contributed by atoms with van der Waals surface area (Å²) in [5.74, 6) is 0. The first kappa shape index (κ1) is 14.0. The van der Waals surface area contributed by atoms with Gasteiger partial charge in [-0.05, 0) is 41.5 Å². The standard InChI is InChI=1S/C14H25N3S/c1-10-11(2)18-12(16-10)7-17-9-13(3,4)15-8-14(17,5)6/h15H,7-9H2,1-6H3. The van der Waals surface area contributed by atoms with Crippen molar-refractivity contribution in [1.82, 2.24) is 15.2 Å². The minimum absolute atomic E-state index is 0.191. The van der Waals surface area contributed by atoms with Gasteiger partial charge in [-0.3, -0.25) is 4.90 Å². The molecular formula is C14H25N3S. The van der Waals surface area contributed by atoms with Crippen molar-refractivity contribution >= 4 is 11.3 Å². The lowest BCUT2D eigenvalue weighted by Crippen LogP contribution is -2.65. The monoisotopic (exact) mass is 267 g/mol. The van der Waals surface area contributed by atoms with Crippen LogP contribution in [0.15, 0.2) is 0 Å². The zero-order chi connectivity index (χ0) is 13.6. The van der Waals surface area contributed by atoms with Gasteiger partial charge in [-0.1, -0.05) is 0 Å². The van der Waals surface area contributed by atoms with Gasteiger partial charge in [-0.25, -0.2) is 4.98 Å². The number of aromatic nitrogens is 1. The molecule has 1 saturated heterocycles. The molecule has 4 heteroatoms. The fourth-order valence-corrected chi connectivity index (χ4v) is 3.30. The second kappa shape index (κ2) is 4.58. The highest BCUT2D eigenvalue weighted by atomic mass is 32.1. The topological polar surface area (TPSA) is 28.2 Å². The molecule has 0 saturated carbocycles. The minimum atomic E-state index is 0.191. The molecule has 1 aromatic rings. The summed E-state index contributed by atoms with van der Waals surface area (Å²) in [6, 6.07) is 0. The minimum Gasteiger partial charge on any atom is -0.309 e. The molecule has 1 N–H and O–H groups in total. The van der Waals surface area contributed by atoms with E-state index in [0.717, 1.165) is 19.6 Å². The van der Waals surface area contributed by atoms with Gasteiger partial charge in [-0.15, -0.1) is 11.3 Å². The number of piperazine rings is 1. The van der Waals surface area contributed by atoms with E-state index >= 15 is 0 Å². The average Bonchev–Trinajstić information content (AvgIpc) is 2.53. The predicted molar refractivity (Wildman–Crippen MR) is 78.2 cm³/mol. The average molecular weight is 267 g/mol. The summed E-state index contributed by atoms with van der Waals surface area (Å²) in [5.41, 5.74) is 1.57. The molecule has 0 aromatic carbocycles. The highest BCUT2D eigenvalue weighted by Gasteiger charge is 2.37. The van der Waals surface area contributed by atoms with Crippen LogP contribution in [0.25, 0.3) is 0 Å². The summed E-state index contributed by atoms with van der Waals surface area (Å²) in [6.45, 7) is 16.5. The molecule has 0 unspecified atom stereocenters. The molecular weight excluding hydrogens is 242 g/mol. The largest absolute Gasteiger partial charge is 0.309 e. The van der Waals surface area contributed by atoms with Gasteiger partial charge in [0.25, 0.3) is 0 Å². The second-order valence-electron chi connectivity index (χ2n) is 6.66. The van der Waals surface area contributed by atoms with Crippen LogP contribution in [-0.2, 0) is 6.54 Å². The van der Waals surface area contributed by atoms with Crippen LogP contribution in [0.5, 0.6) is 0 Å². The van der Waals surface area contributed by atoms with Gasteiger partial charge in [0, 0.05) is 29.0 Å². The summed E-state index contributed by atoms with van der Waals surface area (Å²) in [6.07, 6.45) is 0. The van der Waals surface area contributed by atoms with Gasteiger partial charge < -0.3 is 5.32 Å². The number of thiazole rings is 1. The molecule has 0 atom stereocenters. The lowest BCUT2D eigenvalue weighted by Gasteiger charge is -2.49. The number of nitrogens with zero attached hydrogens (tertiary/aromatic N) is 2. The number of hydrogen-bond acceptors (Lipinski definition) is 4. The number of aryl methyl sites for hydroxylation is 2. The zero-order valence-electron chi connectivity index (χ0n) is 12.4. The Kier molecular flexibility index (Phi) is 3.56. The van der Waals surface area contributed by atoms with E-state index in [4.69, 9.17) is 0 Å². The van der Waals surface area contributed by atoms with Gasteiger partial charge in [0.1, 0.15) is 5.01 Å². The lowest BCUT2D eigenvalue weighted by atomic mass is 9.91. The molecule has 0 bridgehead atoms.